The monoisotopic (exact) mass is 474 g/mol. The highest BCUT2D eigenvalue weighted by molar-refractivity contribution is 7.80. The largest absolute Gasteiger partial charge is 0.300 e. The Morgan fingerprint density at radius 3 is 2.52 bits per heavy atom. The first-order valence-electron chi connectivity index (χ1n) is 14.3. The van der Waals surface area contributed by atoms with E-state index in [1.54, 1.807) is 0 Å². The van der Waals surface area contributed by atoms with E-state index < -0.39 is 0 Å². The van der Waals surface area contributed by atoms with Crippen LogP contribution in [-0.4, -0.2) is 10.8 Å². The van der Waals surface area contributed by atoms with Crippen molar-refractivity contribution >= 4 is 23.0 Å². The lowest BCUT2D eigenvalue weighted by molar-refractivity contribution is -0.0750. The summed E-state index contributed by atoms with van der Waals surface area (Å²) in [5.41, 5.74) is 7.95. The van der Waals surface area contributed by atoms with Crippen LogP contribution in [0.4, 0.5) is 0 Å². The van der Waals surface area contributed by atoms with Crippen molar-refractivity contribution in [1.29, 1.82) is 0 Å². The summed E-state index contributed by atoms with van der Waals surface area (Å²) in [5.74, 6) is 9.63. The molecule has 0 aliphatic heterocycles. The molecule has 5 heteroatoms. The van der Waals surface area contributed by atoms with Crippen molar-refractivity contribution in [3.8, 4) is 0 Å². The van der Waals surface area contributed by atoms with Gasteiger partial charge in [0.05, 0.1) is 0 Å². The molecule has 0 heterocycles. The quantitative estimate of drug-likeness (QED) is 0.152. The van der Waals surface area contributed by atoms with Gasteiger partial charge in [-0.3, -0.25) is 10.9 Å². The lowest BCUT2D eigenvalue weighted by Crippen LogP contribution is -2.56. The van der Waals surface area contributed by atoms with Crippen LogP contribution in [0.5, 0.6) is 0 Å². The molecule has 4 saturated carbocycles. The minimum atomic E-state index is 0.415. The molecule has 0 amide bonds. The van der Waals surface area contributed by atoms with Crippen molar-refractivity contribution in [2.75, 3.05) is 0 Å². The van der Waals surface area contributed by atoms with E-state index in [4.69, 9.17) is 23.2 Å². The zero-order valence-electron chi connectivity index (χ0n) is 21.6. The smallest absolute Gasteiger partial charge is 0.201 e. The number of hydrogen-bond acceptors (Lipinski definition) is 3. The second-order valence-electron chi connectivity index (χ2n) is 12.4. The molecule has 0 bridgehead atoms. The molecule has 4 N–H and O–H groups in total. The zero-order valence-corrected chi connectivity index (χ0v) is 22.4. The minimum Gasteiger partial charge on any atom is -0.300 e. The van der Waals surface area contributed by atoms with Crippen LogP contribution in [0.25, 0.3) is 0 Å². The predicted octanol–water partition coefficient (Wildman–Crippen LogP) is 7.09. The second-order valence-corrected chi connectivity index (χ2v) is 12.9. The molecular weight excluding hydrogens is 424 g/mol. The molecule has 0 unspecified atom stereocenters. The van der Waals surface area contributed by atoms with E-state index in [0.717, 1.165) is 23.7 Å². The van der Waals surface area contributed by atoms with Gasteiger partial charge >= 0.3 is 0 Å². The number of thiocarbonyl (C=S) groups is 1. The average molecular weight is 475 g/mol. The number of nitrogens with two attached hydrogens (primary N) is 1. The van der Waals surface area contributed by atoms with Gasteiger partial charge in [0, 0.05) is 11.6 Å². The minimum absolute atomic E-state index is 0.415. The van der Waals surface area contributed by atoms with E-state index in [1.165, 1.54) is 108 Å². The third kappa shape index (κ3) is 5.01. The van der Waals surface area contributed by atoms with E-state index in [0.29, 0.717) is 21.9 Å². The van der Waals surface area contributed by atoms with E-state index in [2.05, 4.69) is 31.6 Å². The lowest BCUT2D eigenvalue weighted by Gasteiger charge is -2.60. The first kappa shape index (κ1) is 25.4. The number of nitrogens with zero attached hydrogens (tertiary/aromatic N) is 1. The maximum atomic E-state index is 5.51. The van der Waals surface area contributed by atoms with Crippen LogP contribution in [0.2, 0.25) is 0 Å². The fourth-order valence-corrected chi connectivity index (χ4v) is 9.20. The maximum absolute atomic E-state index is 5.51. The molecule has 0 spiro atoms. The van der Waals surface area contributed by atoms with Gasteiger partial charge in [0.2, 0.25) is 5.11 Å². The summed E-state index contributed by atoms with van der Waals surface area (Å²) in [6.07, 6.45) is 22.4. The first-order chi connectivity index (χ1) is 15.9. The summed E-state index contributed by atoms with van der Waals surface area (Å²) in [6, 6.07) is 0. The summed E-state index contributed by atoms with van der Waals surface area (Å²) >= 11 is 5.24. The highest BCUT2D eigenvalue weighted by Crippen LogP contribution is 2.67. The van der Waals surface area contributed by atoms with Crippen LogP contribution >= 0.6 is 12.2 Å². The molecule has 0 aromatic carbocycles. The third-order valence-electron chi connectivity index (χ3n) is 10.9. The number of hydrazine groups is 1. The molecule has 0 aromatic heterocycles. The van der Waals surface area contributed by atoms with E-state index in [-0.39, 0.29) is 0 Å². The fraction of sp³-hybridized carbons (Fsp3) is 0.929. The number of nitrogens with one attached hydrogen (secondary N) is 2. The fourth-order valence-electron chi connectivity index (χ4n) is 9.16. The maximum Gasteiger partial charge on any atom is 0.201 e. The van der Waals surface area contributed by atoms with E-state index in [1.807, 2.05) is 0 Å². The molecule has 33 heavy (non-hydrogen) atoms. The van der Waals surface area contributed by atoms with Gasteiger partial charge in [-0.2, -0.15) is 5.10 Å². The summed E-state index contributed by atoms with van der Waals surface area (Å²) < 4.78 is 0. The second kappa shape index (κ2) is 10.9. The van der Waals surface area contributed by atoms with Gasteiger partial charge in [-0.1, -0.05) is 72.1 Å². The van der Waals surface area contributed by atoms with Crippen molar-refractivity contribution in [2.24, 2.45) is 51.4 Å². The zero-order chi connectivity index (χ0) is 23.5. The average Bonchev–Trinajstić information content (AvgIpc) is 3.15. The van der Waals surface area contributed by atoms with Crippen molar-refractivity contribution in [1.82, 2.24) is 10.9 Å². The molecule has 4 aliphatic rings. The number of hydrogen-bond donors (Lipinski definition) is 3. The van der Waals surface area contributed by atoms with E-state index >= 15 is 0 Å². The SMILES string of the molecule is CCCCCCCC[C@H]1CC[C@H]2[C@@H]3C/C(=N\NC(=S)NN)[C@H]4CCCC[C@]4(C)[C@H]3CC[C@]12C. The van der Waals surface area contributed by atoms with Crippen LogP contribution in [0.1, 0.15) is 124 Å². The summed E-state index contributed by atoms with van der Waals surface area (Å²) in [5, 5.41) is 5.32. The molecule has 4 fully saturated rings. The molecule has 0 radical (unpaired) electrons. The number of fused-ring (bicyclic) bond motifs is 5. The highest BCUT2D eigenvalue weighted by Gasteiger charge is 2.60. The Bertz CT molecular complexity index is 708. The van der Waals surface area contributed by atoms with Crippen molar-refractivity contribution in [2.45, 2.75) is 124 Å². The molecule has 4 nitrogen and oxygen atoms in total. The van der Waals surface area contributed by atoms with Crippen molar-refractivity contribution < 1.29 is 0 Å². The molecule has 4 aliphatic carbocycles. The Labute approximate surface area is 208 Å². The molecule has 7 atom stereocenters. The predicted molar refractivity (Wildman–Crippen MR) is 144 cm³/mol. The van der Waals surface area contributed by atoms with Gasteiger partial charge < -0.3 is 0 Å². The van der Waals surface area contributed by atoms with Gasteiger partial charge in [0.25, 0.3) is 0 Å². The van der Waals surface area contributed by atoms with E-state index in [9.17, 15) is 0 Å². The Balaban J connectivity index is 1.47. The topological polar surface area (TPSA) is 62.4 Å². The molecule has 0 saturated heterocycles. The summed E-state index contributed by atoms with van der Waals surface area (Å²) in [4.78, 5) is 0. The summed E-state index contributed by atoms with van der Waals surface area (Å²) in [6.45, 7) is 7.61. The Hall–Kier alpha value is -0.680. The number of unbranched alkanes of at least 4 members (excludes halogenated alkanes) is 5. The summed E-state index contributed by atoms with van der Waals surface area (Å²) in [7, 11) is 0. The molecular formula is C28H50N4S. The van der Waals surface area contributed by atoms with Crippen LogP contribution in [-0.2, 0) is 0 Å². The van der Waals surface area contributed by atoms with Crippen LogP contribution in [0.3, 0.4) is 0 Å². The van der Waals surface area contributed by atoms with Gasteiger partial charge in [-0.05, 0) is 98.1 Å². The van der Waals surface area contributed by atoms with Gasteiger partial charge in [0.1, 0.15) is 0 Å². The van der Waals surface area contributed by atoms with Gasteiger partial charge in [-0.25, -0.2) is 5.84 Å². The molecule has 4 rings (SSSR count). The Kier molecular flexibility index (Phi) is 8.42. The van der Waals surface area contributed by atoms with Crippen LogP contribution in [0, 0.1) is 40.4 Å². The number of hydrazone groups is 1. The standard InChI is InChI=1S/C28H50N4S/c1-4-5-6-7-8-9-12-20-14-15-22-21-19-25(31-32-26(33)30-29)24-13-10-11-17-28(24,3)23(21)16-18-27(20,22)2/h20-24H,4-19,29H2,1-3H3,(H2,30,32,33)/b31-25+/t20-,21-,22-,23-,24+,27+,28+/m0/s1. The van der Waals surface area contributed by atoms with Gasteiger partial charge in [-0.15, -0.1) is 0 Å². The third-order valence-corrected chi connectivity index (χ3v) is 11.1. The Morgan fingerprint density at radius 1 is 0.970 bits per heavy atom. The van der Waals surface area contributed by atoms with Crippen LogP contribution in [0.15, 0.2) is 5.10 Å². The van der Waals surface area contributed by atoms with Crippen molar-refractivity contribution in [3.63, 3.8) is 0 Å². The normalized spacial score (nSPS) is 41.2. The van der Waals surface area contributed by atoms with Gasteiger partial charge in [0.15, 0.2) is 0 Å². The lowest BCUT2D eigenvalue weighted by atomic mass is 9.44. The van der Waals surface area contributed by atoms with Crippen LogP contribution < -0.4 is 16.7 Å². The number of rotatable bonds is 8. The first-order valence-corrected chi connectivity index (χ1v) is 14.7. The molecule has 0 aromatic rings. The highest BCUT2D eigenvalue weighted by atomic mass is 32.1. The molecule has 188 valence electrons. The Morgan fingerprint density at radius 2 is 1.73 bits per heavy atom. The van der Waals surface area contributed by atoms with Crippen molar-refractivity contribution in [3.05, 3.63) is 0 Å².